The first-order valence-corrected chi connectivity index (χ1v) is 9.25. The molecule has 1 aliphatic rings. The number of rotatable bonds is 7. The smallest absolute Gasteiger partial charge is 0.269 e. The molecule has 0 unspecified atom stereocenters. The van der Waals surface area contributed by atoms with Crippen molar-refractivity contribution in [2.24, 2.45) is 0 Å². The van der Waals surface area contributed by atoms with Crippen molar-refractivity contribution in [1.29, 1.82) is 0 Å². The van der Waals surface area contributed by atoms with Crippen LogP contribution in [0.25, 0.3) is 0 Å². The zero-order valence-corrected chi connectivity index (χ0v) is 14.5. The standard InChI is InChI=1S/C17H18N2O5S/c1-24-16-8-2-13(3-9-16)12-18(14-4-5-14)25(22,23)17-10-6-15(7-11-17)19(20)21/h2-3,6-11,14H,4-5,12H2,1H3. The number of hydrogen-bond acceptors (Lipinski definition) is 5. The number of ether oxygens (including phenoxy) is 1. The molecular weight excluding hydrogens is 344 g/mol. The lowest BCUT2D eigenvalue weighted by molar-refractivity contribution is -0.384. The van der Waals surface area contributed by atoms with Crippen LogP contribution in [0.1, 0.15) is 18.4 Å². The molecular formula is C17H18N2O5S. The van der Waals surface area contributed by atoms with Gasteiger partial charge in [-0.25, -0.2) is 8.42 Å². The van der Waals surface area contributed by atoms with Gasteiger partial charge in [0.25, 0.3) is 5.69 Å². The van der Waals surface area contributed by atoms with Crippen molar-refractivity contribution in [1.82, 2.24) is 4.31 Å². The van der Waals surface area contributed by atoms with Crippen molar-refractivity contribution < 1.29 is 18.1 Å². The molecule has 0 amide bonds. The molecule has 0 aromatic heterocycles. The summed E-state index contributed by atoms with van der Waals surface area (Å²) in [4.78, 5) is 10.3. The van der Waals surface area contributed by atoms with Crippen LogP contribution in [0.4, 0.5) is 5.69 Å². The van der Waals surface area contributed by atoms with Crippen LogP contribution in [-0.4, -0.2) is 30.8 Å². The highest BCUT2D eigenvalue weighted by molar-refractivity contribution is 7.89. The first-order chi connectivity index (χ1) is 11.9. The van der Waals surface area contributed by atoms with E-state index in [2.05, 4.69) is 0 Å². The van der Waals surface area contributed by atoms with E-state index in [1.165, 1.54) is 28.6 Å². The van der Waals surface area contributed by atoms with Gasteiger partial charge in [0.1, 0.15) is 5.75 Å². The number of nitrogens with zero attached hydrogens (tertiary/aromatic N) is 2. The van der Waals surface area contributed by atoms with Gasteiger partial charge in [-0.2, -0.15) is 4.31 Å². The molecule has 0 atom stereocenters. The van der Waals surface area contributed by atoms with E-state index in [1.54, 1.807) is 19.2 Å². The molecule has 0 N–H and O–H groups in total. The van der Waals surface area contributed by atoms with Crippen LogP contribution in [0.15, 0.2) is 53.4 Å². The van der Waals surface area contributed by atoms with Crippen molar-refractivity contribution in [3.63, 3.8) is 0 Å². The van der Waals surface area contributed by atoms with Crippen molar-refractivity contribution in [3.8, 4) is 5.75 Å². The molecule has 8 heteroatoms. The summed E-state index contributed by atoms with van der Waals surface area (Å²) in [7, 11) is -2.14. The van der Waals surface area contributed by atoms with E-state index < -0.39 is 14.9 Å². The van der Waals surface area contributed by atoms with E-state index in [9.17, 15) is 18.5 Å². The molecule has 0 heterocycles. The normalized spacial score (nSPS) is 14.5. The number of hydrogen-bond donors (Lipinski definition) is 0. The monoisotopic (exact) mass is 362 g/mol. The number of non-ortho nitro benzene ring substituents is 1. The van der Waals surface area contributed by atoms with E-state index in [1.807, 2.05) is 12.1 Å². The van der Waals surface area contributed by atoms with Gasteiger partial charge in [-0.3, -0.25) is 10.1 Å². The highest BCUT2D eigenvalue weighted by atomic mass is 32.2. The molecule has 1 fully saturated rings. The lowest BCUT2D eigenvalue weighted by atomic mass is 10.2. The lowest BCUT2D eigenvalue weighted by Crippen LogP contribution is -2.32. The summed E-state index contributed by atoms with van der Waals surface area (Å²) < 4.78 is 32.5. The number of benzene rings is 2. The molecule has 0 saturated heterocycles. The Kier molecular flexibility index (Phi) is 4.73. The van der Waals surface area contributed by atoms with E-state index in [0.717, 1.165) is 18.4 Å². The number of nitro benzene ring substituents is 1. The fourth-order valence-electron chi connectivity index (χ4n) is 2.56. The van der Waals surface area contributed by atoms with Gasteiger partial charge in [-0.1, -0.05) is 12.1 Å². The maximum absolute atomic E-state index is 13.0. The fourth-order valence-corrected chi connectivity index (χ4v) is 4.23. The quantitative estimate of drug-likeness (QED) is 0.558. The summed E-state index contributed by atoms with van der Waals surface area (Å²) in [6.07, 6.45) is 1.64. The minimum Gasteiger partial charge on any atom is -0.497 e. The number of nitro groups is 1. The average Bonchev–Trinajstić information content (AvgIpc) is 3.45. The largest absolute Gasteiger partial charge is 0.497 e. The molecule has 0 radical (unpaired) electrons. The van der Waals surface area contributed by atoms with Crippen LogP contribution in [0.2, 0.25) is 0 Å². The van der Waals surface area contributed by atoms with E-state index in [-0.39, 0.29) is 23.2 Å². The highest BCUT2D eigenvalue weighted by Crippen LogP contribution is 2.34. The van der Waals surface area contributed by atoms with E-state index in [4.69, 9.17) is 4.74 Å². The number of methoxy groups -OCH3 is 1. The van der Waals surface area contributed by atoms with Crippen LogP contribution in [-0.2, 0) is 16.6 Å². The summed E-state index contributed by atoms with van der Waals surface area (Å²) in [5.74, 6) is 0.708. The van der Waals surface area contributed by atoms with Gasteiger partial charge in [0.2, 0.25) is 10.0 Å². The molecule has 0 aliphatic heterocycles. The Hall–Kier alpha value is -2.45. The summed E-state index contributed by atoms with van der Waals surface area (Å²) in [5.41, 5.74) is 0.727. The number of sulfonamides is 1. The van der Waals surface area contributed by atoms with Gasteiger partial charge >= 0.3 is 0 Å². The van der Waals surface area contributed by atoms with Gasteiger partial charge < -0.3 is 4.74 Å². The van der Waals surface area contributed by atoms with Gasteiger partial charge in [0, 0.05) is 24.7 Å². The molecule has 25 heavy (non-hydrogen) atoms. The predicted molar refractivity (Wildman–Crippen MR) is 91.8 cm³/mol. The second-order valence-electron chi connectivity index (χ2n) is 5.88. The minimum absolute atomic E-state index is 0.0257. The molecule has 0 spiro atoms. The molecule has 3 rings (SSSR count). The third-order valence-electron chi connectivity index (χ3n) is 4.11. The molecule has 2 aromatic rings. The van der Waals surface area contributed by atoms with E-state index >= 15 is 0 Å². The summed E-state index contributed by atoms with van der Waals surface area (Å²) in [6.45, 7) is 0.258. The predicted octanol–water partition coefficient (Wildman–Crippen LogP) is 2.96. The van der Waals surface area contributed by atoms with Crippen molar-refractivity contribution in [2.75, 3.05) is 7.11 Å². The summed E-state index contributed by atoms with van der Waals surface area (Å²) in [5, 5.41) is 10.7. The fraction of sp³-hybridized carbons (Fsp3) is 0.294. The zero-order chi connectivity index (χ0) is 18.0. The maximum atomic E-state index is 13.0. The first kappa shape index (κ1) is 17.4. The lowest BCUT2D eigenvalue weighted by Gasteiger charge is -2.22. The van der Waals surface area contributed by atoms with Gasteiger partial charge in [-0.05, 0) is 42.7 Å². The second kappa shape index (κ2) is 6.81. The summed E-state index contributed by atoms with van der Waals surface area (Å²) >= 11 is 0. The Morgan fingerprint density at radius 3 is 2.20 bits per heavy atom. The molecule has 1 saturated carbocycles. The van der Waals surface area contributed by atoms with Crippen LogP contribution in [0.3, 0.4) is 0 Å². The van der Waals surface area contributed by atoms with Crippen molar-refractivity contribution in [2.45, 2.75) is 30.3 Å². The van der Waals surface area contributed by atoms with E-state index in [0.29, 0.717) is 5.75 Å². The Labute approximate surface area is 146 Å². The molecule has 7 nitrogen and oxygen atoms in total. The zero-order valence-electron chi connectivity index (χ0n) is 13.7. The second-order valence-corrected chi connectivity index (χ2v) is 7.77. The first-order valence-electron chi connectivity index (χ1n) is 7.81. The third kappa shape index (κ3) is 3.80. The van der Waals surface area contributed by atoms with Crippen LogP contribution < -0.4 is 4.74 Å². The van der Waals surface area contributed by atoms with Crippen LogP contribution >= 0.6 is 0 Å². The molecule has 1 aliphatic carbocycles. The molecule has 132 valence electrons. The molecule has 2 aromatic carbocycles. The maximum Gasteiger partial charge on any atom is 0.269 e. The van der Waals surface area contributed by atoms with Crippen LogP contribution in [0, 0.1) is 10.1 Å². The Bertz CT molecular complexity index is 859. The van der Waals surface area contributed by atoms with Crippen LogP contribution in [0.5, 0.6) is 5.75 Å². The minimum atomic E-state index is -3.71. The Morgan fingerprint density at radius 1 is 1.12 bits per heavy atom. The Morgan fingerprint density at radius 2 is 1.72 bits per heavy atom. The van der Waals surface area contributed by atoms with Gasteiger partial charge in [-0.15, -0.1) is 0 Å². The van der Waals surface area contributed by atoms with Crippen molar-refractivity contribution in [3.05, 3.63) is 64.2 Å². The molecule has 0 bridgehead atoms. The highest BCUT2D eigenvalue weighted by Gasteiger charge is 2.38. The SMILES string of the molecule is COc1ccc(CN(C2CC2)S(=O)(=O)c2ccc([N+](=O)[O-])cc2)cc1. The van der Waals surface area contributed by atoms with Gasteiger partial charge in [0.05, 0.1) is 16.9 Å². The van der Waals surface area contributed by atoms with Crippen molar-refractivity contribution >= 4 is 15.7 Å². The Balaban J connectivity index is 1.86. The van der Waals surface area contributed by atoms with Gasteiger partial charge in [0.15, 0.2) is 0 Å². The topological polar surface area (TPSA) is 89.8 Å². The summed E-state index contributed by atoms with van der Waals surface area (Å²) in [6, 6.07) is 12.2. The third-order valence-corrected chi connectivity index (χ3v) is 6.02. The average molecular weight is 362 g/mol.